The van der Waals surface area contributed by atoms with Gasteiger partial charge in [-0.05, 0) is 24.3 Å². The highest BCUT2D eigenvalue weighted by atomic mass is 32.2. The summed E-state index contributed by atoms with van der Waals surface area (Å²) in [4.78, 5) is 0. The minimum absolute atomic E-state index is 0.376. The van der Waals surface area contributed by atoms with E-state index in [4.69, 9.17) is 0 Å². The van der Waals surface area contributed by atoms with Gasteiger partial charge in [-0.3, -0.25) is 0 Å². The Morgan fingerprint density at radius 1 is 1.40 bits per heavy atom. The van der Waals surface area contributed by atoms with Crippen LogP contribution in [0.4, 0.5) is 0 Å². The van der Waals surface area contributed by atoms with Crippen molar-refractivity contribution in [3.63, 3.8) is 0 Å². The molecular weight excluding hydrogens is 140 g/mol. The van der Waals surface area contributed by atoms with Gasteiger partial charge < -0.3 is 0 Å². The van der Waals surface area contributed by atoms with Crippen molar-refractivity contribution in [2.24, 2.45) is 5.41 Å². The van der Waals surface area contributed by atoms with Gasteiger partial charge in [-0.15, -0.1) is 0 Å². The molecule has 0 N–H and O–H groups in total. The second-order valence-electron chi connectivity index (χ2n) is 4.08. The summed E-state index contributed by atoms with van der Waals surface area (Å²) in [6.07, 6.45) is 5.66. The highest BCUT2D eigenvalue weighted by Crippen LogP contribution is 2.23. The van der Waals surface area contributed by atoms with E-state index in [0.29, 0.717) is 5.41 Å². The van der Waals surface area contributed by atoms with Crippen LogP contribution in [0.2, 0.25) is 0 Å². The molecule has 0 aliphatic carbocycles. The van der Waals surface area contributed by atoms with E-state index in [1.807, 2.05) is 0 Å². The summed E-state index contributed by atoms with van der Waals surface area (Å²) in [5.41, 5.74) is 0.376. The average Bonchev–Trinajstić information content (AvgIpc) is 1.60. The van der Waals surface area contributed by atoms with Crippen LogP contribution < -0.4 is 0 Å². The fourth-order valence-corrected chi connectivity index (χ4v) is 2.84. The third-order valence-corrected chi connectivity index (χ3v) is 2.83. The highest BCUT2D eigenvalue weighted by molar-refractivity contribution is 8.27. The van der Waals surface area contributed by atoms with Crippen LogP contribution in [-0.2, 0) is 0 Å². The Morgan fingerprint density at radius 3 is 1.90 bits per heavy atom. The number of hydrogen-bond donors (Lipinski definition) is 0. The van der Waals surface area contributed by atoms with E-state index in [-0.39, 0.29) is 0 Å². The van der Waals surface area contributed by atoms with Gasteiger partial charge in [0.15, 0.2) is 0 Å². The monoisotopic (exact) mass is 160 g/mol. The molecule has 0 saturated carbocycles. The van der Waals surface area contributed by atoms with Gasteiger partial charge in [0.25, 0.3) is 0 Å². The molecule has 0 nitrogen and oxygen atoms in total. The van der Waals surface area contributed by atoms with Gasteiger partial charge in [0.2, 0.25) is 0 Å². The standard InChI is InChI=1S/C9H20S/c1-7-9(2,3)8-10(4,5)6/h8H,4,7H2,1-3,5-6H3. The van der Waals surface area contributed by atoms with Gasteiger partial charge in [-0.1, -0.05) is 32.0 Å². The van der Waals surface area contributed by atoms with E-state index >= 15 is 0 Å². The predicted octanol–water partition coefficient (Wildman–Crippen LogP) is 2.72. The van der Waals surface area contributed by atoms with Gasteiger partial charge in [-0.25, -0.2) is 9.21 Å². The molecule has 0 unspecified atom stereocenters. The lowest BCUT2D eigenvalue weighted by molar-refractivity contribution is 0.522. The normalized spacial score (nSPS) is 13.3. The van der Waals surface area contributed by atoms with Gasteiger partial charge in [-0.2, -0.15) is 0 Å². The molecule has 0 rings (SSSR count). The van der Waals surface area contributed by atoms with Crippen LogP contribution in [0.3, 0.4) is 0 Å². The second-order valence-corrected chi connectivity index (χ2v) is 7.57. The molecule has 1 heteroatoms. The first kappa shape index (κ1) is 10.1. The third kappa shape index (κ3) is 4.92. The quantitative estimate of drug-likeness (QED) is 0.545. The Hall–Kier alpha value is 0.0900. The Bertz CT molecular complexity index is 195. The Morgan fingerprint density at radius 2 is 1.80 bits per heavy atom. The van der Waals surface area contributed by atoms with E-state index in [9.17, 15) is 0 Å². The average molecular weight is 160 g/mol. The van der Waals surface area contributed by atoms with Crippen molar-refractivity contribution in [1.29, 1.82) is 0 Å². The van der Waals surface area contributed by atoms with Gasteiger partial charge in [0, 0.05) is 0 Å². The molecule has 0 spiro atoms. The molecule has 0 fully saturated rings. The summed E-state index contributed by atoms with van der Waals surface area (Å²) < 4.78 is 0. The van der Waals surface area contributed by atoms with Crippen LogP contribution in [0, 0.1) is 5.41 Å². The van der Waals surface area contributed by atoms with E-state index in [1.54, 1.807) is 0 Å². The smallest absolute Gasteiger partial charge is 0.0127 e. The molecule has 10 heavy (non-hydrogen) atoms. The second kappa shape index (κ2) is 3.00. The predicted molar refractivity (Wildman–Crippen MR) is 56.7 cm³/mol. The molecule has 0 amide bonds. The summed E-state index contributed by atoms with van der Waals surface area (Å²) in [7, 11) is -0.669. The molecule has 0 heterocycles. The van der Waals surface area contributed by atoms with Crippen LogP contribution in [0.5, 0.6) is 0 Å². The summed E-state index contributed by atoms with van der Waals surface area (Å²) in [6, 6.07) is 0. The Balaban J connectivity index is 4.57. The van der Waals surface area contributed by atoms with Crippen molar-refractivity contribution < 1.29 is 0 Å². The largest absolute Gasteiger partial charge is 0.217 e. The van der Waals surface area contributed by atoms with Gasteiger partial charge >= 0.3 is 0 Å². The summed E-state index contributed by atoms with van der Waals surface area (Å²) >= 11 is 0. The molecule has 0 aromatic carbocycles. The minimum Gasteiger partial charge on any atom is -0.217 e. The minimum atomic E-state index is -0.669. The molecule has 0 bridgehead atoms. The molecule has 62 valence electrons. The summed E-state index contributed by atoms with van der Waals surface area (Å²) in [6.45, 7) is 6.77. The summed E-state index contributed by atoms with van der Waals surface area (Å²) in [5, 5.41) is 2.40. The van der Waals surface area contributed by atoms with Crippen molar-refractivity contribution in [1.82, 2.24) is 0 Å². The maximum atomic E-state index is 4.13. The van der Waals surface area contributed by atoms with Crippen LogP contribution in [0.15, 0.2) is 0 Å². The molecule has 0 aromatic heterocycles. The Kier molecular flexibility index (Phi) is 3.02. The molecule has 0 aliphatic rings. The van der Waals surface area contributed by atoms with Crippen LogP contribution in [0.1, 0.15) is 27.2 Å². The Labute approximate surface area is 66.1 Å². The molecular formula is C9H20S. The fraction of sp³-hybridized carbons (Fsp3) is 0.778. The van der Waals surface area contributed by atoms with Crippen LogP contribution >= 0.6 is 9.21 Å². The van der Waals surface area contributed by atoms with E-state index in [1.165, 1.54) is 6.42 Å². The van der Waals surface area contributed by atoms with Gasteiger partial charge in [0.05, 0.1) is 0 Å². The van der Waals surface area contributed by atoms with Crippen molar-refractivity contribution in [2.45, 2.75) is 27.2 Å². The zero-order chi connectivity index (χ0) is 8.41. The van der Waals surface area contributed by atoms with Crippen molar-refractivity contribution in [3.8, 4) is 0 Å². The zero-order valence-corrected chi connectivity index (χ0v) is 8.72. The zero-order valence-electron chi connectivity index (χ0n) is 7.90. The van der Waals surface area contributed by atoms with Crippen molar-refractivity contribution in [3.05, 3.63) is 0 Å². The molecule has 0 atom stereocenters. The van der Waals surface area contributed by atoms with Crippen molar-refractivity contribution in [2.75, 3.05) is 12.5 Å². The van der Waals surface area contributed by atoms with Crippen molar-refractivity contribution >= 4 is 20.4 Å². The van der Waals surface area contributed by atoms with E-state index in [0.717, 1.165) is 0 Å². The first-order chi connectivity index (χ1) is 4.27. The topological polar surface area (TPSA) is 0 Å². The SMILES string of the molecule is C=S(C)(C)=CC(C)(C)CC. The lowest BCUT2D eigenvalue weighted by atomic mass is 9.94. The molecule has 0 saturated heterocycles. The number of rotatable bonds is 2. The van der Waals surface area contributed by atoms with Crippen LogP contribution in [0.25, 0.3) is 0 Å². The van der Waals surface area contributed by atoms with Crippen LogP contribution in [-0.4, -0.2) is 23.7 Å². The third-order valence-electron chi connectivity index (χ3n) is 1.55. The van der Waals surface area contributed by atoms with E-state index < -0.39 is 9.21 Å². The summed E-state index contributed by atoms with van der Waals surface area (Å²) in [5.74, 6) is 4.13. The fourth-order valence-electron chi connectivity index (χ4n) is 0.947. The lowest BCUT2D eigenvalue weighted by Gasteiger charge is -2.20. The van der Waals surface area contributed by atoms with Gasteiger partial charge in [0.1, 0.15) is 0 Å². The maximum absolute atomic E-state index is 4.13. The molecule has 0 aromatic rings. The number of hydrogen-bond acceptors (Lipinski definition) is 0. The highest BCUT2D eigenvalue weighted by Gasteiger charge is 2.10. The first-order valence-electron chi connectivity index (χ1n) is 3.69. The van der Waals surface area contributed by atoms with E-state index in [2.05, 4.69) is 44.5 Å². The lowest BCUT2D eigenvalue weighted by Crippen LogP contribution is -2.11. The molecule has 0 radical (unpaired) electrons. The maximum Gasteiger partial charge on any atom is -0.0127 e. The first-order valence-corrected chi connectivity index (χ1v) is 6.37. The molecule has 0 aliphatic heterocycles.